The first kappa shape index (κ1) is 9.15. The van der Waals surface area contributed by atoms with Gasteiger partial charge in [-0.3, -0.25) is 15.1 Å². The topological polar surface area (TPSA) is 62.2 Å². The maximum absolute atomic E-state index is 10.7. The van der Waals surface area contributed by atoms with Crippen molar-refractivity contribution in [3.63, 3.8) is 0 Å². The molecule has 2 N–H and O–H groups in total. The van der Waals surface area contributed by atoms with E-state index in [1.807, 2.05) is 12.1 Å². The fourth-order valence-corrected chi connectivity index (χ4v) is 1.80. The minimum Gasteiger partial charge on any atom is -0.480 e. The summed E-state index contributed by atoms with van der Waals surface area (Å²) in [4.78, 5) is 14.6. The van der Waals surface area contributed by atoms with Gasteiger partial charge in [0, 0.05) is 18.4 Å². The fourth-order valence-electron chi connectivity index (χ4n) is 1.80. The van der Waals surface area contributed by atoms with E-state index in [2.05, 4.69) is 10.3 Å². The monoisotopic (exact) mass is 192 g/mol. The molecular formula is C10H12N2O2. The van der Waals surface area contributed by atoms with Crippen LogP contribution in [0, 0.1) is 0 Å². The molecule has 1 aliphatic heterocycles. The molecule has 2 rings (SSSR count). The molecule has 1 aliphatic rings. The summed E-state index contributed by atoms with van der Waals surface area (Å²) in [5.74, 6) is -0.762. The molecule has 0 aliphatic carbocycles. The molecule has 2 heterocycles. The second kappa shape index (κ2) is 3.75. The van der Waals surface area contributed by atoms with Gasteiger partial charge in [-0.05, 0) is 30.5 Å². The molecular weight excluding hydrogens is 180 g/mol. The number of aliphatic carboxylic acids is 1. The van der Waals surface area contributed by atoms with Crippen LogP contribution < -0.4 is 5.32 Å². The van der Waals surface area contributed by atoms with E-state index >= 15 is 0 Å². The van der Waals surface area contributed by atoms with Gasteiger partial charge in [0.25, 0.3) is 0 Å². The number of rotatable bonds is 2. The Morgan fingerprint density at radius 2 is 2.14 bits per heavy atom. The van der Waals surface area contributed by atoms with Crippen LogP contribution in [0.25, 0.3) is 0 Å². The molecule has 0 saturated carbocycles. The Morgan fingerprint density at radius 1 is 1.43 bits per heavy atom. The molecule has 0 unspecified atom stereocenters. The second-order valence-electron chi connectivity index (χ2n) is 3.47. The van der Waals surface area contributed by atoms with E-state index < -0.39 is 12.0 Å². The maximum Gasteiger partial charge on any atom is 0.320 e. The highest BCUT2D eigenvalue weighted by atomic mass is 16.4. The predicted molar refractivity (Wildman–Crippen MR) is 50.8 cm³/mol. The van der Waals surface area contributed by atoms with Crippen molar-refractivity contribution in [3.05, 3.63) is 30.1 Å². The molecule has 0 aromatic carbocycles. The van der Waals surface area contributed by atoms with Gasteiger partial charge in [0.1, 0.15) is 6.04 Å². The van der Waals surface area contributed by atoms with Crippen molar-refractivity contribution >= 4 is 5.97 Å². The predicted octanol–water partition coefficient (Wildman–Crippen LogP) is 0.959. The lowest BCUT2D eigenvalue weighted by molar-refractivity contribution is -0.139. The van der Waals surface area contributed by atoms with Crippen LogP contribution in [0.1, 0.15) is 24.4 Å². The number of hydrogen-bond acceptors (Lipinski definition) is 3. The minimum absolute atomic E-state index is 0.166. The van der Waals surface area contributed by atoms with Crippen LogP contribution in [0.3, 0.4) is 0 Å². The van der Waals surface area contributed by atoms with Crippen LogP contribution in [0.5, 0.6) is 0 Å². The van der Waals surface area contributed by atoms with E-state index in [0.717, 1.165) is 12.0 Å². The highest BCUT2D eigenvalue weighted by Gasteiger charge is 2.29. The van der Waals surface area contributed by atoms with Gasteiger partial charge in [-0.25, -0.2) is 0 Å². The summed E-state index contributed by atoms with van der Waals surface area (Å²) >= 11 is 0. The number of aromatic nitrogens is 1. The zero-order valence-corrected chi connectivity index (χ0v) is 7.68. The Balaban J connectivity index is 2.06. The van der Waals surface area contributed by atoms with E-state index in [1.165, 1.54) is 0 Å². The highest BCUT2D eigenvalue weighted by molar-refractivity contribution is 5.73. The van der Waals surface area contributed by atoms with E-state index in [9.17, 15) is 4.79 Å². The summed E-state index contributed by atoms with van der Waals surface area (Å²) in [7, 11) is 0. The smallest absolute Gasteiger partial charge is 0.320 e. The van der Waals surface area contributed by atoms with E-state index in [1.54, 1.807) is 12.4 Å². The Bertz CT molecular complexity index is 326. The Hall–Kier alpha value is -1.42. The SMILES string of the molecule is O=C(O)[C@H]1CC[C@H](c2ccncc2)N1. The third-order valence-corrected chi connectivity index (χ3v) is 2.55. The van der Waals surface area contributed by atoms with Crippen molar-refractivity contribution in [2.75, 3.05) is 0 Å². The summed E-state index contributed by atoms with van der Waals surface area (Å²) in [5, 5.41) is 11.9. The molecule has 4 heteroatoms. The summed E-state index contributed by atoms with van der Waals surface area (Å²) in [5.41, 5.74) is 1.11. The van der Waals surface area contributed by atoms with Gasteiger partial charge >= 0.3 is 5.97 Å². The van der Waals surface area contributed by atoms with Gasteiger partial charge in [0.2, 0.25) is 0 Å². The van der Waals surface area contributed by atoms with E-state index in [-0.39, 0.29) is 6.04 Å². The molecule has 1 aromatic heterocycles. The van der Waals surface area contributed by atoms with Crippen molar-refractivity contribution in [1.82, 2.24) is 10.3 Å². The van der Waals surface area contributed by atoms with Crippen molar-refractivity contribution in [1.29, 1.82) is 0 Å². The van der Waals surface area contributed by atoms with Crippen molar-refractivity contribution in [2.24, 2.45) is 0 Å². The summed E-state index contributed by atoms with van der Waals surface area (Å²) in [6.07, 6.45) is 5.03. The zero-order chi connectivity index (χ0) is 9.97. The number of carboxylic acid groups (broad SMARTS) is 1. The first-order valence-corrected chi connectivity index (χ1v) is 4.66. The highest BCUT2D eigenvalue weighted by Crippen LogP contribution is 2.25. The fraction of sp³-hybridized carbons (Fsp3) is 0.400. The molecule has 0 amide bonds. The summed E-state index contributed by atoms with van der Waals surface area (Å²) in [6.45, 7) is 0. The average Bonchev–Trinajstić information content (AvgIpc) is 2.68. The molecule has 4 nitrogen and oxygen atoms in total. The number of carboxylic acids is 1. The van der Waals surface area contributed by atoms with Crippen LogP contribution in [0.4, 0.5) is 0 Å². The molecule has 0 spiro atoms. The molecule has 1 aromatic rings. The Morgan fingerprint density at radius 3 is 2.71 bits per heavy atom. The van der Waals surface area contributed by atoms with Crippen LogP contribution in [0.2, 0.25) is 0 Å². The number of pyridine rings is 1. The Kier molecular flexibility index (Phi) is 2.45. The third kappa shape index (κ3) is 1.75. The first-order chi connectivity index (χ1) is 6.77. The van der Waals surface area contributed by atoms with Crippen LogP contribution in [0.15, 0.2) is 24.5 Å². The summed E-state index contributed by atoms with van der Waals surface area (Å²) < 4.78 is 0. The zero-order valence-electron chi connectivity index (χ0n) is 7.68. The lowest BCUT2D eigenvalue weighted by atomic mass is 10.1. The lowest BCUT2D eigenvalue weighted by Crippen LogP contribution is -2.31. The number of hydrogen-bond donors (Lipinski definition) is 2. The summed E-state index contributed by atoms with van der Waals surface area (Å²) in [6, 6.07) is 3.61. The molecule has 0 radical (unpaired) electrons. The standard InChI is InChI=1S/C10H12N2O2/c13-10(14)9-2-1-8(12-9)7-3-5-11-6-4-7/h3-6,8-9,12H,1-2H2,(H,13,14)/t8-,9-/m1/s1. The molecule has 14 heavy (non-hydrogen) atoms. The van der Waals surface area contributed by atoms with E-state index in [0.29, 0.717) is 6.42 Å². The minimum atomic E-state index is -0.762. The second-order valence-corrected chi connectivity index (χ2v) is 3.47. The normalized spacial score (nSPS) is 26.3. The molecule has 74 valence electrons. The van der Waals surface area contributed by atoms with Gasteiger partial charge < -0.3 is 5.11 Å². The number of carbonyl (C=O) groups is 1. The van der Waals surface area contributed by atoms with Gasteiger partial charge in [0.05, 0.1) is 0 Å². The van der Waals surface area contributed by atoms with Crippen molar-refractivity contribution < 1.29 is 9.90 Å². The lowest BCUT2D eigenvalue weighted by Gasteiger charge is -2.11. The maximum atomic E-state index is 10.7. The van der Waals surface area contributed by atoms with Gasteiger partial charge in [-0.15, -0.1) is 0 Å². The van der Waals surface area contributed by atoms with Crippen LogP contribution >= 0.6 is 0 Å². The van der Waals surface area contributed by atoms with Gasteiger partial charge in [-0.2, -0.15) is 0 Å². The molecule has 1 fully saturated rings. The van der Waals surface area contributed by atoms with Crippen molar-refractivity contribution in [2.45, 2.75) is 24.9 Å². The van der Waals surface area contributed by atoms with E-state index in [4.69, 9.17) is 5.11 Å². The quantitative estimate of drug-likeness (QED) is 0.732. The largest absolute Gasteiger partial charge is 0.480 e. The first-order valence-electron chi connectivity index (χ1n) is 4.66. The van der Waals surface area contributed by atoms with Gasteiger partial charge in [-0.1, -0.05) is 0 Å². The van der Waals surface area contributed by atoms with Gasteiger partial charge in [0.15, 0.2) is 0 Å². The molecule has 2 atom stereocenters. The van der Waals surface area contributed by atoms with Crippen LogP contribution in [-0.2, 0) is 4.79 Å². The molecule has 1 saturated heterocycles. The number of nitrogens with one attached hydrogen (secondary N) is 1. The Labute approximate surface area is 82.0 Å². The average molecular weight is 192 g/mol. The third-order valence-electron chi connectivity index (χ3n) is 2.55. The van der Waals surface area contributed by atoms with Crippen LogP contribution in [-0.4, -0.2) is 22.1 Å². The molecule has 0 bridgehead atoms. The number of nitrogens with zero attached hydrogens (tertiary/aromatic N) is 1. The van der Waals surface area contributed by atoms with Crippen molar-refractivity contribution in [3.8, 4) is 0 Å².